The largest absolute Gasteiger partial charge is 0.367 e. The van der Waals surface area contributed by atoms with E-state index in [0.29, 0.717) is 11.1 Å². The smallest absolute Gasteiger partial charge is 0.261 e. The van der Waals surface area contributed by atoms with Gasteiger partial charge < -0.3 is 10.2 Å². The standard InChI is InChI=1S/C10H9NO4/c12-8(13)5-11-9(14)6-3-1-2-4-7(6)10(11)15/h1-4,8,12-13H,5H2. The number of amides is 2. The van der Waals surface area contributed by atoms with Gasteiger partial charge in [-0.05, 0) is 12.1 Å². The highest BCUT2D eigenvalue weighted by molar-refractivity contribution is 6.21. The zero-order valence-corrected chi connectivity index (χ0v) is 7.75. The maximum atomic E-state index is 11.6. The van der Waals surface area contributed by atoms with Gasteiger partial charge in [0.1, 0.15) is 0 Å². The van der Waals surface area contributed by atoms with Gasteiger partial charge in [0.15, 0.2) is 6.29 Å². The minimum Gasteiger partial charge on any atom is -0.367 e. The van der Waals surface area contributed by atoms with Crippen LogP contribution >= 0.6 is 0 Å². The van der Waals surface area contributed by atoms with Crippen molar-refractivity contribution in [2.75, 3.05) is 6.54 Å². The molecule has 0 fully saturated rings. The van der Waals surface area contributed by atoms with Crippen molar-refractivity contribution in [2.24, 2.45) is 0 Å². The molecule has 0 atom stereocenters. The molecule has 2 N–H and O–H groups in total. The molecule has 0 saturated heterocycles. The molecule has 0 bridgehead atoms. The summed E-state index contributed by atoms with van der Waals surface area (Å²) < 4.78 is 0. The van der Waals surface area contributed by atoms with Gasteiger partial charge in [0, 0.05) is 0 Å². The Morgan fingerprint density at radius 1 is 1.07 bits per heavy atom. The molecular weight excluding hydrogens is 198 g/mol. The van der Waals surface area contributed by atoms with E-state index in [4.69, 9.17) is 10.2 Å². The van der Waals surface area contributed by atoms with Crippen LogP contribution in [0.1, 0.15) is 20.7 Å². The van der Waals surface area contributed by atoms with E-state index in [1.54, 1.807) is 24.3 Å². The third kappa shape index (κ3) is 1.51. The molecule has 0 spiro atoms. The first-order valence-electron chi connectivity index (χ1n) is 4.42. The van der Waals surface area contributed by atoms with Gasteiger partial charge in [-0.1, -0.05) is 12.1 Å². The summed E-state index contributed by atoms with van der Waals surface area (Å²) in [6, 6.07) is 6.39. The first-order chi connectivity index (χ1) is 7.11. The van der Waals surface area contributed by atoms with E-state index < -0.39 is 24.6 Å². The van der Waals surface area contributed by atoms with Crippen molar-refractivity contribution in [2.45, 2.75) is 6.29 Å². The zero-order chi connectivity index (χ0) is 11.0. The van der Waals surface area contributed by atoms with Crippen LogP contribution in [0.5, 0.6) is 0 Å². The summed E-state index contributed by atoms with van der Waals surface area (Å²) in [5, 5.41) is 17.5. The number of carbonyl (C=O) groups excluding carboxylic acids is 2. The lowest BCUT2D eigenvalue weighted by molar-refractivity contribution is -0.0522. The van der Waals surface area contributed by atoms with Gasteiger partial charge in [-0.25, -0.2) is 0 Å². The highest BCUT2D eigenvalue weighted by Gasteiger charge is 2.35. The number of fused-ring (bicyclic) bond motifs is 1. The molecular formula is C10H9NO4. The van der Waals surface area contributed by atoms with E-state index in [9.17, 15) is 9.59 Å². The lowest BCUT2D eigenvalue weighted by atomic mass is 10.1. The Bertz CT molecular complexity index is 392. The lowest BCUT2D eigenvalue weighted by Gasteiger charge is -2.14. The first kappa shape index (κ1) is 9.82. The second-order valence-corrected chi connectivity index (χ2v) is 3.25. The summed E-state index contributed by atoms with van der Waals surface area (Å²) in [6.07, 6.45) is -1.70. The van der Waals surface area contributed by atoms with E-state index >= 15 is 0 Å². The van der Waals surface area contributed by atoms with Crippen molar-refractivity contribution < 1.29 is 19.8 Å². The summed E-state index contributed by atoms with van der Waals surface area (Å²) in [7, 11) is 0. The Balaban J connectivity index is 2.37. The van der Waals surface area contributed by atoms with E-state index in [1.807, 2.05) is 0 Å². The van der Waals surface area contributed by atoms with E-state index in [1.165, 1.54) is 0 Å². The van der Waals surface area contributed by atoms with Crippen molar-refractivity contribution in [3.63, 3.8) is 0 Å². The number of aliphatic hydroxyl groups is 2. The molecule has 0 unspecified atom stereocenters. The average molecular weight is 207 g/mol. The fraction of sp³-hybridized carbons (Fsp3) is 0.200. The fourth-order valence-corrected chi connectivity index (χ4v) is 1.57. The second kappa shape index (κ2) is 3.45. The van der Waals surface area contributed by atoms with Gasteiger partial charge in [0.05, 0.1) is 17.7 Å². The van der Waals surface area contributed by atoms with Crippen molar-refractivity contribution >= 4 is 11.8 Å². The van der Waals surface area contributed by atoms with Crippen LogP contribution in [-0.2, 0) is 0 Å². The third-order valence-electron chi connectivity index (χ3n) is 2.22. The lowest BCUT2D eigenvalue weighted by Crippen LogP contribution is -2.36. The van der Waals surface area contributed by atoms with E-state index in [2.05, 4.69) is 0 Å². The van der Waals surface area contributed by atoms with Crippen molar-refractivity contribution in [1.29, 1.82) is 0 Å². The van der Waals surface area contributed by atoms with Crippen LogP contribution in [-0.4, -0.2) is 39.8 Å². The monoisotopic (exact) mass is 207 g/mol. The molecule has 2 amide bonds. The predicted molar refractivity (Wildman–Crippen MR) is 50.0 cm³/mol. The Labute approximate surface area is 85.6 Å². The van der Waals surface area contributed by atoms with Crippen LogP contribution in [0.4, 0.5) is 0 Å². The number of aliphatic hydroxyl groups excluding tert-OH is 1. The molecule has 0 aliphatic carbocycles. The minimum absolute atomic E-state index is 0.308. The molecule has 1 aliphatic heterocycles. The van der Waals surface area contributed by atoms with Gasteiger partial charge in [-0.2, -0.15) is 0 Å². The number of hydrogen-bond acceptors (Lipinski definition) is 4. The van der Waals surface area contributed by atoms with Gasteiger partial charge in [-0.15, -0.1) is 0 Å². The Morgan fingerprint density at radius 2 is 1.53 bits per heavy atom. The van der Waals surface area contributed by atoms with E-state index in [0.717, 1.165) is 4.90 Å². The maximum Gasteiger partial charge on any atom is 0.261 e. The number of benzene rings is 1. The molecule has 2 rings (SSSR count). The fourth-order valence-electron chi connectivity index (χ4n) is 1.57. The number of rotatable bonds is 2. The number of imide groups is 1. The summed E-state index contributed by atoms with van der Waals surface area (Å²) in [4.78, 5) is 24.1. The topological polar surface area (TPSA) is 77.8 Å². The molecule has 5 nitrogen and oxygen atoms in total. The van der Waals surface area contributed by atoms with Crippen LogP contribution in [0, 0.1) is 0 Å². The average Bonchev–Trinajstić information content (AvgIpc) is 2.44. The minimum atomic E-state index is -1.70. The van der Waals surface area contributed by atoms with E-state index in [-0.39, 0.29) is 0 Å². The first-order valence-corrected chi connectivity index (χ1v) is 4.42. The SMILES string of the molecule is O=C1c2ccccc2C(=O)N1CC(O)O. The molecule has 1 heterocycles. The molecule has 0 radical (unpaired) electrons. The van der Waals surface area contributed by atoms with Crippen molar-refractivity contribution in [3.8, 4) is 0 Å². The zero-order valence-electron chi connectivity index (χ0n) is 7.75. The van der Waals surface area contributed by atoms with Gasteiger partial charge >= 0.3 is 0 Å². The van der Waals surface area contributed by atoms with Crippen LogP contribution in [0.3, 0.4) is 0 Å². The molecule has 78 valence electrons. The molecule has 0 aromatic heterocycles. The van der Waals surface area contributed by atoms with Gasteiger partial charge in [0.25, 0.3) is 11.8 Å². The summed E-state index contributed by atoms with van der Waals surface area (Å²) in [6.45, 7) is -0.396. The molecule has 1 aromatic rings. The maximum absolute atomic E-state index is 11.6. The quantitative estimate of drug-likeness (QED) is 0.510. The van der Waals surface area contributed by atoms with Crippen LogP contribution in [0.2, 0.25) is 0 Å². The number of nitrogens with zero attached hydrogens (tertiary/aromatic N) is 1. The van der Waals surface area contributed by atoms with Crippen LogP contribution in [0.15, 0.2) is 24.3 Å². The summed E-state index contributed by atoms with van der Waals surface area (Å²) in [5.41, 5.74) is 0.617. The van der Waals surface area contributed by atoms with Crippen molar-refractivity contribution in [3.05, 3.63) is 35.4 Å². The van der Waals surface area contributed by atoms with Crippen molar-refractivity contribution in [1.82, 2.24) is 4.90 Å². The Hall–Kier alpha value is -1.72. The molecule has 15 heavy (non-hydrogen) atoms. The van der Waals surface area contributed by atoms with Crippen LogP contribution < -0.4 is 0 Å². The number of hydrogen-bond donors (Lipinski definition) is 2. The molecule has 1 aliphatic rings. The Morgan fingerprint density at radius 3 is 1.93 bits per heavy atom. The Kier molecular flexibility index (Phi) is 2.26. The third-order valence-corrected chi connectivity index (χ3v) is 2.22. The number of carbonyl (C=O) groups is 2. The molecule has 5 heteroatoms. The summed E-state index contributed by atoms with van der Waals surface area (Å²) >= 11 is 0. The van der Waals surface area contributed by atoms with Crippen LogP contribution in [0.25, 0.3) is 0 Å². The highest BCUT2D eigenvalue weighted by atomic mass is 16.5. The molecule has 0 saturated carbocycles. The highest BCUT2D eigenvalue weighted by Crippen LogP contribution is 2.22. The van der Waals surface area contributed by atoms with Gasteiger partial charge in [-0.3, -0.25) is 14.5 Å². The normalized spacial score (nSPS) is 15.0. The number of β-amino-alcohol motifs (C(OH)–C–C–N with tert-alkyl or cyclic N) is 2. The van der Waals surface area contributed by atoms with Gasteiger partial charge in [0.2, 0.25) is 0 Å². The summed E-state index contributed by atoms with van der Waals surface area (Å²) in [5.74, 6) is -0.965. The predicted octanol–water partition coefficient (Wildman–Crippen LogP) is -0.407. The second-order valence-electron chi connectivity index (χ2n) is 3.25. The molecule has 1 aromatic carbocycles.